The van der Waals surface area contributed by atoms with Gasteiger partial charge < -0.3 is 15.3 Å². The number of aliphatic hydroxyl groups excluding tert-OH is 1. The van der Waals surface area contributed by atoms with Crippen LogP contribution in [0.2, 0.25) is 0 Å². The Morgan fingerprint density at radius 2 is 2.00 bits per heavy atom. The second kappa shape index (κ2) is 7.65. The second-order valence-corrected chi connectivity index (χ2v) is 7.88. The average molecular weight is 412 g/mol. The van der Waals surface area contributed by atoms with Crippen LogP contribution in [0.25, 0.3) is 11.7 Å². The molecule has 11 heteroatoms. The molecule has 0 atom stereocenters. The summed E-state index contributed by atoms with van der Waals surface area (Å²) in [5.41, 5.74) is 1.68. The van der Waals surface area contributed by atoms with E-state index in [0.29, 0.717) is 41.3 Å². The maximum absolute atomic E-state index is 12.0. The van der Waals surface area contributed by atoms with Crippen LogP contribution in [0.4, 0.5) is 11.9 Å². The lowest BCUT2D eigenvalue weighted by Crippen LogP contribution is -2.47. The number of carbonyl (C=O) groups excluding carboxylic acids is 2. The van der Waals surface area contributed by atoms with Crippen LogP contribution in [0.1, 0.15) is 24.8 Å². The summed E-state index contributed by atoms with van der Waals surface area (Å²) in [6.07, 6.45) is 5.59. The van der Waals surface area contributed by atoms with Crippen molar-refractivity contribution in [3.8, 4) is 0 Å². The highest BCUT2D eigenvalue weighted by molar-refractivity contribution is 6.15. The fourth-order valence-electron chi connectivity index (χ4n) is 3.75. The van der Waals surface area contributed by atoms with E-state index in [0.717, 1.165) is 39.0 Å². The monoisotopic (exact) mass is 412 g/mol. The third-order valence-electron chi connectivity index (χ3n) is 5.59. The minimum absolute atomic E-state index is 0.0636. The molecule has 0 radical (unpaired) electrons. The first kappa shape index (κ1) is 18.9. The Labute approximate surface area is 172 Å². The Hall–Kier alpha value is -3.05. The molecule has 3 aliphatic rings. The standard InChI is InChI=1S/C19H24N8O3/c28-8-7-25-3-5-26(6-4-25)18-23-16-13(9-12-10-15(29)22-17(12)30)11-20-27(16)19(24-18)21-14-1-2-14/h9,11,14,28H,1-8,10H2,(H,21,23,24)(H,22,29,30)/b12-9+. The summed E-state index contributed by atoms with van der Waals surface area (Å²) >= 11 is 0. The number of rotatable bonds is 6. The number of imide groups is 1. The fraction of sp³-hybridized carbons (Fsp3) is 0.526. The van der Waals surface area contributed by atoms with Crippen LogP contribution in [0.15, 0.2) is 11.8 Å². The lowest BCUT2D eigenvalue weighted by molar-refractivity contribution is -0.124. The van der Waals surface area contributed by atoms with Gasteiger partial charge in [0.05, 0.1) is 19.2 Å². The third kappa shape index (κ3) is 3.73. The number of β-amino-alcohol motifs (C(OH)–C–C–N with tert-alkyl or cyclic N) is 1. The van der Waals surface area contributed by atoms with Gasteiger partial charge in [-0.3, -0.25) is 19.8 Å². The fourth-order valence-corrected chi connectivity index (χ4v) is 3.75. The third-order valence-corrected chi connectivity index (χ3v) is 5.59. The van der Waals surface area contributed by atoms with Crippen molar-refractivity contribution in [1.29, 1.82) is 0 Å². The normalized spacial score (nSPS) is 21.6. The number of hydrogen-bond acceptors (Lipinski definition) is 9. The molecule has 158 valence electrons. The van der Waals surface area contributed by atoms with Gasteiger partial charge in [-0.15, -0.1) is 0 Å². The first-order chi connectivity index (χ1) is 14.6. The van der Waals surface area contributed by atoms with Crippen LogP contribution in [0, 0.1) is 0 Å². The molecule has 5 rings (SSSR count). The maximum atomic E-state index is 12.0. The molecule has 2 aromatic heterocycles. The largest absolute Gasteiger partial charge is 0.395 e. The molecule has 2 aliphatic heterocycles. The molecular formula is C19H24N8O3. The minimum Gasteiger partial charge on any atom is -0.395 e. The van der Waals surface area contributed by atoms with E-state index < -0.39 is 0 Å². The Bertz CT molecular complexity index is 1020. The summed E-state index contributed by atoms with van der Waals surface area (Å²) in [4.78, 5) is 37.3. The number of fused-ring (bicyclic) bond motifs is 1. The molecule has 3 N–H and O–H groups in total. The lowest BCUT2D eigenvalue weighted by atomic mass is 10.1. The van der Waals surface area contributed by atoms with Crippen LogP contribution < -0.4 is 15.5 Å². The summed E-state index contributed by atoms with van der Waals surface area (Å²) in [5.74, 6) is 0.577. The van der Waals surface area contributed by atoms with Crippen LogP contribution in [-0.4, -0.2) is 86.8 Å². The molecule has 3 fully saturated rings. The Morgan fingerprint density at radius 1 is 1.20 bits per heavy atom. The van der Waals surface area contributed by atoms with Crippen molar-refractivity contribution >= 4 is 35.4 Å². The summed E-state index contributed by atoms with van der Waals surface area (Å²) < 4.78 is 1.66. The highest BCUT2D eigenvalue weighted by Gasteiger charge is 2.27. The van der Waals surface area contributed by atoms with Gasteiger partial charge in [-0.25, -0.2) is 0 Å². The zero-order chi connectivity index (χ0) is 20.7. The van der Waals surface area contributed by atoms with E-state index in [2.05, 4.69) is 25.5 Å². The smallest absolute Gasteiger partial charge is 0.254 e. The predicted octanol–water partition coefficient (Wildman–Crippen LogP) is -0.757. The molecule has 11 nitrogen and oxygen atoms in total. The van der Waals surface area contributed by atoms with Gasteiger partial charge in [0.15, 0.2) is 5.65 Å². The summed E-state index contributed by atoms with van der Waals surface area (Å²) in [6, 6.07) is 0.390. The molecule has 2 saturated heterocycles. The van der Waals surface area contributed by atoms with Gasteiger partial charge in [0.25, 0.3) is 5.91 Å². The van der Waals surface area contributed by atoms with Crippen molar-refractivity contribution in [3.63, 3.8) is 0 Å². The van der Waals surface area contributed by atoms with E-state index >= 15 is 0 Å². The highest BCUT2D eigenvalue weighted by atomic mass is 16.3. The van der Waals surface area contributed by atoms with Crippen molar-refractivity contribution in [2.24, 2.45) is 0 Å². The summed E-state index contributed by atoms with van der Waals surface area (Å²) in [5, 5.41) is 19.3. The van der Waals surface area contributed by atoms with Crippen molar-refractivity contribution in [1.82, 2.24) is 29.8 Å². The minimum atomic E-state index is -0.370. The first-order valence-corrected chi connectivity index (χ1v) is 10.3. The first-order valence-electron chi connectivity index (χ1n) is 10.3. The number of anilines is 2. The molecule has 30 heavy (non-hydrogen) atoms. The van der Waals surface area contributed by atoms with E-state index in [1.54, 1.807) is 16.8 Å². The van der Waals surface area contributed by atoms with E-state index in [1.165, 1.54) is 0 Å². The maximum Gasteiger partial charge on any atom is 0.254 e. The Morgan fingerprint density at radius 3 is 2.67 bits per heavy atom. The van der Waals surface area contributed by atoms with Crippen LogP contribution in [0.3, 0.4) is 0 Å². The number of aliphatic hydroxyl groups is 1. The number of piperazine rings is 1. The van der Waals surface area contributed by atoms with Crippen molar-refractivity contribution in [2.45, 2.75) is 25.3 Å². The van der Waals surface area contributed by atoms with Gasteiger partial charge in [-0.05, 0) is 18.9 Å². The van der Waals surface area contributed by atoms with Crippen LogP contribution >= 0.6 is 0 Å². The Balaban J connectivity index is 1.49. The van der Waals surface area contributed by atoms with E-state index in [4.69, 9.17) is 15.1 Å². The highest BCUT2D eigenvalue weighted by Crippen LogP contribution is 2.27. The molecule has 1 aliphatic carbocycles. The lowest BCUT2D eigenvalue weighted by Gasteiger charge is -2.34. The number of amides is 2. The van der Waals surface area contributed by atoms with Gasteiger partial charge in [0, 0.05) is 49.9 Å². The molecule has 2 amide bonds. The van der Waals surface area contributed by atoms with E-state index in [9.17, 15) is 9.59 Å². The number of nitrogens with one attached hydrogen (secondary N) is 2. The number of aromatic nitrogens is 4. The van der Waals surface area contributed by atoms with Crippen molar-refractivity contribution in [2.75, 3.05) is 49.5 Å². The quantitative estimate of drug-likeness (QED) is 0.414. The molecule has 0 bridgehead atoms. The molecule has 1 saturated carbocycles. The van der Waals surface area contributed by atoms with Gasteiger partial charge in [0.2, 0.25) is 17.8 Å². The van der Waals surface area contributed by atoms with Gasteiger partial charge >= 0.3 is 0 Å². The number of nitrogens with zero attached hydrogens (tertiary/aromatic N) is 6. The summed E-state index contributed by atoms with van der Waals surface area (Å²) in [6.45, 7) is 4.02. The number of hydrogen-bond donors (Lipinski definition) is 3. The zero-order valence-corrected chi connectivity index (χ0v) is 16.5. The van der Waals surface area contributed by atoms with Gasteiger partial charge in [-0.1, -0.05) is 0 Å². The SMILES string of the molecule is O=C1C/C(=C\c2cnn3c(NC4CC4)nc(N4CCN(CCO)CC4)nc23)C(=O)N1. The van der Waals surface area contributed by atoms with Crippen LogP contribution in [-0.2, 0) is 9.59 Å². The van der Waals surface area contributed by atoms with Crippen molar-refractivity contribution < 1.29 is 14.7 Å². The average Bonchev–Trinajstić information content (AvgIpc) is 3.37. The summed E-state index contributed by atoms with van der Waals surface area (Å²) in [7, 11) is 0. The predicted molar refractivity (Wildman–Crippen MR) is 109 cm³/mol. The van der Waals surface area contributed by atoms with Gasteiger partial charge in [0.1, 0.15) is 0 Å². The molecule has 2 aromatic rings. The van der Waals surface area contributed by atoms with E-state index in [1.807, 2.05) is 0 Å². The van der Waals surface area contributed by atoms with Crippen molar-refractivity contribution in [3.05, 3.63) is 17.3 Å². The van der Waals surface area contributed by atoms with E-state index in [-0.39, 0.29) is 24.8 Å². The Kier molecular flexibility index (Phi) is 4.83. The topological polar surface area (TPSA) is 128 Å². The second-order valence-electron chi connectivity index (χ2n) is 7.88. The molecule has 0 unspecified atom stereocenters. The molecule has 0 aromatic carbocycles. The molecule has 0 spiro atoms. The van der Waals surface area contributed by atoms with Crippen LogP contribution in [0.5, 0.6) is 0 Å². The molecule has 4 heterocycles. The van der Waals surface area contributed by atoms with Gasteiger partial charge in [-0.2, -0.15) is 19.6 Å². The molecular weight excluding hydrogens is 388 g/mol. The number of carbonyl (C=O) groups is 2. The zero-order valence-electron chi connectivity index (χ0n) is 16.5.